The molecule has 2 rings (SSSR count). The summed E-state index contributed by atoms with van der Waals surface area (Å²) in [6.07, 6.45) is 1.91. The van der Waals surface area contributed by atoms with Gasteiger partial charge in [-0.05, 0) is 16.9 Å². The minimum Gasteiger partial charge on any atom is -0.358 e. The maximum absolute atomic E-state index is 10.6. The van der Waals surface area contributed by atoms with Crippen LogP contribution in [0.4, 0.5) is 11.5 Å². The van der Waals surface area contributed by atoms with E-state index in [9.17, 15) is 20.2 Å². The van der Waals surface area contributed by atoms with Gasteiger partial charge in [0.25, 0.3) is 5.69 Å². The Balaban J connectivity index is 2.03. The molecule has 0 amide bonds. The highest BCUT2D eigenvalue weighted by Crippen LogP contribution is 2.21. The Morgan fingerprint density at radius 2 is 1.80 bits per heavy atom. The van der Waals surface area contributed by atoms with Gasteiger partial charge in [0.15, 0.2) is 5.02 Å². The van der Waals surface area contributed by atoms with E-state index in [0.717, 1.165) is 5.56 Å². The lowest BCUT2D eigenvalue weighted by atomic mass is 10.1. The zero-order valence-corrected chi connectivity index (χ0v) is 10.9. The molecule has 0 saturated heterocycles. The van der Waals surface area contributed by atoms with Crippen LogP contribution >= 0.6 is 11.6 Å². The van der Waals surface area contributed by atoms with E-state index in [2.05, 4.69) is 5.10 Å². The average Bonchev–Trinajstić information content (AvgIpc) is 2.78. The van der Waals surface area contributed by atoms with Crippen LogP contribution < -0.4 is 0 Å². The maximum atomic E-state index is 10.6. The molecule has 1 heterocycles. The number of aromatic nitrogens is 2. The molecular formula is C11H9ClN4O4. The van der Waals surface area contributed by atoms with Crippen molar-refractivity contribution in [2.75, 3.05) is 0 Å². The minimum atomic E-state index is -0.648. The zero-order chi connectivity index (χ0) is 14.7. The van der Waals surface area contributed by atoms with Crippen LogP contribution in [0.25, 0.3) is 0 Å². The molecule has 0 spiro atoms. The third-order valence-electron chi connectivity index (χ3n) is 2.65. The Kier molecular flexibility index (Phi) is 3.94. The number of nitro groups is 2. The smallest absolute Gasteiger partial charge is 0.358 e. The second kappa shape index (κ2) is 5.66. The Bertz CT molecular complexity index is 653. The van der Waals surface area contributed by atoms with Gasteiger partial charge < -0.3 is 10.1 Å². The van der Waals surface area contributed by atoms with Gasteiger partial charge in [-0.1, -0.05) is 23.7 Å². The second-order valence-corrected chi connectivity index (χ2v) is 4.40. The summed E-state index contributed by atoms with van der Waals surface area (Å²) in [5.74, 6) is -0.379. The summed E-state index contributed by atoms with van der Waals surface area (Å²) in [6, 6.07) is 6.09. The van der Waals surface area contributed by atoms with E-state index < -0.39 is 9.85 Å². The highest BCUT2D eigenvalue weighted by Gasteiger charge is 2.18. The highest BCUT2D eigenvalue weighted by molar-refractivity contribution is 6.32. The SMILES string of the molecule is O=[N+]([O-])c1ccc(CCn2cc(Cl)c([N+](=O)[O-])n2)cc1. The molecule has 0 aliphatic heterocycles. The average molecular weight is 297 g/mol. The fourth-order valence-corrected chi connectivity index (χ4v) is 1.87. The zero-order valence-electron chi connectivity index (χ0n) is 10.1. The first-order chi connectivity index (χ1) is 9.47. The number of halogens is 1. The van der Waals surface area contributed by atoms with Crippen LogP contribution in [-0.2, 0) is 13.0 Å². The first-order valence-electron chi connectivity index (χ1n) is 5.58. The number of non-ortho nitro benzene ring substituents is 1. The van der Waals surface area contributed by atoms with Crippen molar-refractivity contribution < 1.29 is 9.85 Å². The van der Waals surface area contributed by atoms with E-state index in [1.165, 1.54) is 23.0 Å². The molecule has 0 N–H and O–H groups in total. The van der Waals surface area contributed by atoms with Crippen LogP contribution in [0.3, 0.4) is 0 Å². The van der Waals surface area contributed by atoms with Crippen molar-refractivity contribution >= 4 is 23.1 Å². The molecule has 0 aliphatic rings. The second-order valence-electron chi connectivity index (χ2n) is 3.99. The first kappa shape index (κ1) is 13.9. The van der Waals surface area contributed by atoms with Crippen molar-refractivity contribution in [2.45, 2.75) is 13.0 Å². The number of nitro benzene ring substituents is 1. The number of benzene rings is 1. The summed E-state index contributed by atoms with van der Waals surface area (Å²) < 4.78 is 1.38. The Morgan fingerprint density at radius 1 is 1.15 bits per heavy atom. The van der Waals surface area contributed by atoms with Crippen LogP contribution in [0.5, 0.6) is 0 Å². The predicted octanol–water partition coefficient (Wildman–Crippen LogP) is 2.60. The Hall–Kier alpha value is -2.48. The summed E-state index contributed by atoms with van der Waals surface area (Å²) in [5, 5.41) is 24.8. The van der Waals surface area contributed by atoms with E-state index in [1.54, 1.807) is 12.1 Å². The quantitative estimate of drug-likeness (QED) is 0.623. The van der Waals surface area contributed by atoms with Gasteiger partial charge in [0.2, 0.25) is 0 Å². The van der Waals surface area contributed by atoms with Crippen LogP contribution in [-0.4, -0.2) is 19.6 Å². The van der Waals surface area contributed by atoms with Gasteiger partial charge in [0.1, 0.15) is 0 Å². The molecule has 9 heteroatoms. The first-order valence-corrected chi connectivity index (χ1v) is 5.96. The fourth-order valence-electron chi connectivity index (χ4n) is 1.65. The third kappa shape index (κ3) is 3.09. The number of rotatable bonds is 5. The third-order valence-corrected chi connectivity index (χ3v) is 2.92. The Labute approximate surface area is 117 Å². The van der Waals surface area contributed by atoms with Gasteiger partial charge in [0, 0.05) is 12.1 Å². The number of nitrogens with zero attached hydrogens (tertiary/aromatic N) is 4. The van der Waals surface area contributed by atoms with Crippen molar-refractivity contribution in [1.29, 1.82) is 0 Å². The molecule has 1 aromatic heterocycles. The van der Waals surface area contributed by atoms with Gasteiger partial charge in [-0.15, -0.1) is 0 Å². The normalized spacial score (nSPS) is 10.4. The van der Waals surface area contributed by atoms with E-state index in [0.29, 0.717) is 13.0 Å². The number of aryl methyl sites for hydroxylation is 2. The van der Waals surface area contributed by atoms with Crippen LogP contribution in [0.2, 0.25) is 5.02 Å². The molecule has 0 aliphatic carbocycles. The lowest BCUT2D eigenvalue weighted by Crippen LogP contribution is -2.02. The largest absolute Gasteiger partial charge is 0.408 e. The van der Waals surface area contributed by atoms with Crippen molar-refractivity contribution in [1.82, 2.24) is 9.78 Å². The van der Waals surface area contributed by atoms with Gasteiger partial charge in [-0.2, -0.15) is 4.68 Å². The number of hydrogen-bond acceptors (Lipinski definition) is 5. The molecule has 0 unspecified atom stereocenters. The topological polar surface area (TPSA) is 104 Å². The lowest BCUT2D eigenvalue weighted by Gasteiger charge is -1.99. The summed E-state index contributed by atoms with van der Waals surface area (Å²) >= 11 is 5.68. The van der Waals surface area contributed by atoms with Crippen LogP contribution in [0, 0.1) is 20.2 Å². The van der Waals surface area contributed by atoms with E-state index >= 15 is 0 Å². The van der Waals surface area contributed by atoms with Gasteiger partial charge in [-0.25, -0.2) is 0 Å². The van der Waals surface area contributed by atoms with Gasteiger partial charge >= 0.3 is 5.82 Å². The minimum absolute atomic E-state index is 0.0151. The molecule has 20 heavy (non-hydrogen) atoms. The molecule has 0 bridgehead atoms. The van der Waals surface area contributed by atoms with Crippen LogP contribution in [0.15, 0.2) is 30.5 Å². The summed E-state index contributed by atoms with van der Waals surface area (Å²) in [5.41, 5.74) is 0.886. The van der Waals surface area contributed by atoms with Crippen LogP contribution in [0.1, 0.15) is 5.56 Å². The molecule has 1 aromatic carbocycles. The fraction of sp³-hybridized carbons (Fsp3) is 0.182. The van der Waals surface area contributed by atoms with E-state index in [1.807, 2.05) is 0 Å². The predicted molar refractivity (Wildman–Crippen MR) is 70.7 cm³/mol. The molecule has 104 valence electrons. The van der Waals surface area contributed by atoms with Gasteiger partial charge in [0.05, 0.1) is 22.8 Å². The maximum Gasteiger partial charge on any atom is 0.408 e. The van der Waals surface area contributed by atoms with E-state index in [4.69, 9.17) is 11.6 Å². The molecule has 0 atom stereocenters. The molecule has 0 fully saturated rings. The monoisotopic (exact) mass is 296 g/mol. The standard InChI is InChI=1S/C11H9ClN4O4/c12-10-7-14(13-11(10)16(19)20)6-5-8-1-3-9(4-2-8)15(17)18/h1-4,7H,5-6H2. The summed E-state index contributed by atoms with van der Waals surface area (Å²) in [4.78, 5) is 20.0. The highest BCUT2D eigenvalue weighted by atomic mass is 35.5. The summed E-state index contributed by atoms with van der Waals surface area (Å²) in [6.45, 7) is 0.394. The summed E-state index contributed by atoms with van der Waals surface area (Å²) in [7, 11) is 0. The van der Waals surface area contributed by atoms with E-state index in [-0.39, 0.29) is 16.5 Å². The lowest BCUT2D eigenvalue weighted by molar-refractivity contribution is -0.389. The van der Waals surface area contributed by atoms with Crippen molar-refractivity contribution in [2.24, 2.45) is 0 Å². The molecule has 0 radical (unpaired) electrons. The van der Waals surface area contributed by atoms with Crippen molar-refractivity contribution in [3.8, 4) is 0 Å². The number of hydrogen-bond donors (Lipinski definition) is 0. The van der Waals surface area contributed by atoms with Crippen molar-refractivity contribution in [3.63, 3.8) is 0 Å². The Morgan fingerprint density at radius 3 is 2.30 bits per heavy atom. The molecule has 0 saturated carbocycles. The van der Waals surface area contributed by atoms with Gasteiger partial charge in [-0.3, -0.25) is 10.1 Å². The van der Waals surface area contributed by atoms with Crippen molar-refractivity contribution in [3.05, 3.63) is 61.3 Å². The molecule has 2 aromatic rings. The molecular weight excluding hydrogens is 288 g/mol. The molecule has 8 nitrogen and oxygen atoms in total.